The fraction of sp³-hybridized carbons (Fsp3) is 0.400. The van der Waals surface area contributed by atoms with E-state index in [0.717, 1.165) is 41.5 Å². The molecule has 0 atom stereocenters. The van der Waals surface area contributed by atoms with Crippen LogP contribution in [0.2, 0.25) is 5.02 Å². The van der Waals surface area contributed by atoms with Gasteiger partial charge in [0.1, 0.15) is 0 Å². The van der Waals surface area contributed by atoms with E-state index in [0.29, 0.717) is 0 Å². The largest absolute Gasteiger partial charge is 0.378 e. The Morgan fingerprint density at radius 3 is 2.57 bits per heavy atom. The maximum absolute atomic E-state index is 5.98. The summed E-state index contributed by atoms with van der Waals surface area (Å²) in [6.07, 6.45) is 0. The lowest BCUT2D eigenvalue weighted by Gasteiger charge is -2.29. The highest BCUT2D eigenvalue weighted by atomic mass is 79.9. The Labute approximate surface area is 96.9 Å². The van der Waals surface area contributed by atoms with E-state index in [2.05, 4.69) is 26.9 Å². The summed E-state index contributed by atoms with van der Waals surface area (Å²) in [5.74, 6) is 0. The van der Waals surface area contributed by atoms with Crippen LogP contribution in [0.5, 0.6) is 0 Å². The topological polar surface area (TPSA) is 12.5 Å². The molecule has 1 saturated heterocycles. The second kappa shape index (κ2) is 4.51. The third kappa shape index (κ3) is 2.41. The monoisotopic (exact) mass is 275 g/mol. The van der Waals surface area contributed by atoms with Crippen LogP contribution in [0.4, 0.5) is 5.69 Å². The molecule has 76 valence electrons. The Morgan fingerprint density at radius 2 is 1.93 bits per heavy atom. The van der Waals surface area contributed by atoms with E-state index in [-0.39, 0.29) is 0 Å². The van der Waals surface area contributed by atoms with Crippen LogP contribution >= 0.6 is 27.5 Å². The molecule has 0 amide bonds. The van der Waals surface area contributed by atoms with Crippen LogP contribution in [0.1, 0.15) is 0 Å². The average molecular weight is 277 g/mol. The van der Waals surface area contributed by atoms with Crippen molar-refractivity contribution < 1.29 is 4.74 Å². The van der Waals surface area contributed by atoms with Gasteiger partial charge in [-0.05, 0) is 18.2 Å². The minimum atomic E-state index is 0.765. The average Bonchev–Trinajstić information content (AvgIpc) is 2.18. The Hall–Kier alpha value is -0.250. The first-order valence-electron chi connectivity index (χ1n) is 4.54. The van der Waals surface area contributed by atoms with E-state index in [1.807, 2.05) is 12.1 Å². The first-order valence-corrected chi connectivity index (χ1v) is 5.71. The van der Waals surface area contributed by atoms with E-state index < -0.39 is 0 Å². The molecule has 0 spiro atoms. The second-order valence-electron chi connectivity index (χ2n) is 3.23. The van der Waals surface area contributed by atoms with Gasteiger partial charge in [0.25, 0.3) is 0 Å². The third-order valence-corrected chi connectivity index (χ3v) is 2.90. The first kappa shape index (κ1) is 10.3. The quantitative estimate of drug-likeness (QED) is 0.782. The molecule has 1 fully saturated rings. The number of hydrogen-bond donors (Lipinski definition) is 0. The van der Waals surface area contributed by atoms with Crippen LogP contribution in [-0.2, 0) is 4.74 Å². The van der Waals surface area contributed by atoms with Crippen LogP contribution in [0.25, 0.3) is 0 Å². The van der Waals surface area contributed by atoms with Crippen molar-refractivity contribution in [2.75, 3.05) is 31.2 Å². The lowest BCUT2D eigenvalue weighted by Crippen LogP contribution is -2.36. The van der Waals surface area contributed by atoms with Crippen molar-refractivity contribution in [2.45, 2.75) is 0 Å². The van der Waals surface area contributed by atoms with Crippen LogP contribution in [0.15, 0.2) is 22.7 Å². The summed E-state index contributed by atoms with van der Waals surface area (Å²) in [4.78, 5) is 2.28. The molecule has 1 aromatic carbocycles. The van der Waals surface area contributed by atoms with Gasteiger partial charge < -0.3 is 9.64 Å². The number of benzene rings is 1. The molecule has 1 heterocycles. The number of morpholine rings is 1. The Bertz CT molecular complexity index is 306. The molecule has 1 aliphatic rings. The molecule has 0 unspecified atom stereocenters. The number of rotatable bonds is 1. The van der Waals surface area contributed by atoms with Crippen molar-refractivity contribution in [3.8, 4) is 0 Å². The highest BCUT2D eigenvalue weighted by molar-refractivity contribution is 9.10. The van der Waals surface area contributed by atoms with Crippen LogP contribution < -0.4 is 4.90 Å². The Morgan fingerprint density at radius 1 is 1.21 bits per heavy atom. The summed E-state index contributed by atoms with van der Waals surface area (Å²) in [6.45, 7) is 3.47. The Balaban J connectivity index is 2.21. The molecule has 1 aliphatic heterocycles. The lowest BCUT2D eigenvalue weighted by molar-refractivity contribution is 0.122. The van der Waals surface area contributed by atoms with Crippen LogP contribution in [-0.4, -0.2) is 26.3 Å². The molecule has 4 heteroatoms. The van der Waals surface area contributed by atoms with Gasteiger partial charge in [-0.1, -0.05) is 27.5 Å². The summed E-state index contributed by atoms with van der Waals surface area (Å²) in [5, 5.41) is 0.765. The van der Waals surface area contributed by atoms with Gasteiger partial charge in [-0.15, -0.1) is 0 Å². The molecule has 1 aromatic rings. The minimum Gasteiger partial charge on any atom is -0.378 e. The number of halogens is 2. The van der Waals surface area contributed by atoms with Crippen LogP contribution in [0, 0.1) is 0 Å². The zero-order chi connectivity index (χ0) is 9.97. The smallest absolute Gasteiger partial charge is 0.0642 e. The van der Waals surface area contributed by atoms with Gasteiger partial charge >= 0.3 is 0 Å². The zero-order valence-corrected chi connectivity index (χ0v) is 10.0. The lowest BCUT2D eigenvalue weighted by atomic mass is 10.2. The normalized spacial score (nSPS) is 17.1. The molecule has 14 heavy (non-hydrogen) atoms. The van der Waals surface area contributed by atoms with Gasteiger partial charge in [0.05, 0.1) is 13.2 Å². The third-order valence-electron chi connectivity index (χ3n) is 2.22. The summed E-state index contributed by atoms with van der Waals surface area (Å²) in [6, 6.07) is 5.96. The van der Waals surface area contributed by atoms with Gasteiger partial charge in [-0.2, -0.15) is 0 Å². The number of nitrogens with zero attached hydrogens (tertiary/aromatic N) is 1. The van der Waals surface area contributed by atoms with Gasteiger partial charge in [-0.3, -0.25) is 0 Å². The SMILES string of the molecule is Clc1cc(Br)cc(N2CCOCC2)c1. The number of hydrogen-bond acceptors (Lipinski definition) is 2. The van der Waals surface area contributed by atoms with Crippen molar-refractivity contribution in [1.29, 1.82) is 0 Å². The van der Waals surface area contributed by atoms with Crippen molar-refractivity contribution in [1.82, 2.24) is 0 Å². The molecule has 0 bridgehead atoms. The molecule has 0 radical (unpaired) electrons. The molecular formula is C10H11BrClNO. The van der Waals surface area contributed by atoms with Crippen molar-refractivity contribution >= 4 is 33.2 Å². The van der Waals surface area contributed by atoms with E-state index in [1.165, 1.54) is 0 Å². The predicted molar refractivity (Wildman–Crippen MR) is 62.2 cm³/mol. The summed E-state index contributed by atoms with van der Waals surface area (Å²) >= 11 is 9.42. The summed E-state index contributed by atoms with van der Waals surface area (Å²) in [7, 11) is 0. The fourth-order valence-electron chi connectivity index (χ4n) is 1.54. The summed E-state index contributed by atoms with van der Waals surface area (Å²) < 4.78 is 6.32. The van der Waals surface area contributed by atoms with Crippen molar-refractivity contribution in [2.24, 2.45) is 0 Å². The van der Waals surface area contributed by atoms with Crippen molar-refractivity contribution in [3.63, 3.8) is 0 Å². The van der Waals surface area contributed by atoms with E-state index in [4.69, 9.17) is 16.3 Å². The maximum Gasteiger partial charge on any atom is 0.0642 e. The number of ether oxygens (including phenoxy) is 1. The van der Waals surface area contributed by atoms with Gasteiger partial charge in [0, 0.05) is 28.3 Å². The maximum atomic E-state index is 5.98. The minimum absolute atomic E-state index is 0.765. The first-order chi connectivity index (χ1) is 6.75. The fourth-order valence-corrected chi connectivity index (χ4v) is 2.39. The highest BCUT2D eigenvalue weighted by Gasteiger charge is 2.11. The molecule has 2 rings (SSSR count). The standard InChI is InChI=1S/C10H11BrClNO/c11-8-5-9(12)7-10(6-8)13-1-3-14-4-2-13/h5-7H,1-4H2. The van der Waals surface area contributed by atoms with E-state index in [9.17, 15) is 0 Å². The highest BCUT2D eigenvalue weighted by Crippen LogP contribution is 2.26. The molecule has 0 aromatic heterocycles. The molecule has 0 saturated carbocycles. The van der Waals surface area contributed by atoms with E-state index >= 15 is 0 Å². The van der Waals surface area contributed by atoms with Crippen molar-refractivity contribution in [3.05, 3.63) is 27.7 Å². The molecule has 0 N–H and O–H groups in total. The predicted octanol–water partition coefficient (Wildman–Crippen LogP) is 2.94. The zero-order valence-electron chi connectivity index (χ0n) is 7.67. The van der Waals surface area contributed by atoms with Crippen LogP contribution in [0.3, 0.4) is 0 Å². The molecule has 2 nitrogen and oxygen atoms in total. The second-order valence-corrected chi connectivity index (χ2v) is 4.58. The number of anilines is 1. The van der Waals surface area contributed by atoms with Gasteiger partial charge in [0.2, 0.25) is 0 Å². The molecular weight excluding hydrogens is 265 g/mol. The molecule has 0 aliphatic carbocycles. The van der Waals surface area contributed by atoms with Gasteiger partial charge in [-0.25, -0.2) is 0 Å². The van der Waals surface area contributed by atoms with Gasteiger partial charge in [0.15, 0.2) is 0 Å². The summed E-state index contributed by atoms with van der Waals surface area (Å²) in [5.41, 5.74) is 1.16. The Kier molecular flexibility index (Phi) is 3.31. The van der Waals surface area contributed by atoms with E-state index in [1.54, 1.807) is 0 Å².